The van der Waals surface area contributed by atoms with E-state index in [1.807, 2.05) is 13.8 Å². The zero-order valence-electron chi connectivity index (χ0n) is 19.0. The Morgan fingerprint density at radius 3 is 2.28 bits per heavy atom. The molecule has 0 aliphatic carbocycles. The molecule has 0 radical (unpaired) electrons. The largest absolute Gasteiger partial charge is 0.494 e. The average molecular weight is 403 g/mol. The second-order valence-electron chi connectivity index (χ2n) is 8.06. The molecule has 29 heavy (non-hydrogen) atoms. The van der Waals surface area contributed by atoms with Crippen molar-refractivity contribution in [3.63, 3.8) is 0 Å². The van der Waals surface area contributed by atoms with E-state index in [9.17, 15) is 0 Å². The van der Waals surface area contributed by atoms with Gasteiger partial charge in [0, 0.05) is 0 Å². The lowest BCUT2D eigenvalue weighted by Crippen LogP contribution is -2.45. The van der Waals surface area contributed by atoms with Crippen LogP contribution >= 0.6 is 0 Å². The van der Waals surface area contributed by atoms with Crippen LogP contribution in [0.4, 0.5) is 0 Å². The minimum atomic E-state index is -0.512. The van der Waals surface area contributed by atoms with Crippen molar-refractivity contribution in [3.05, 3.63) is 29.8 Å². The summed E-state index contributed by atoms with van der Waals surface area (Å²) in [5.74, 6) is 2.69. The number of rotatable bonds is 10. The Morgan fingerprint density at radius 2 is 1.69 bits per heavy atom. The van der Waals surface area contributed by atoms with Gasteiger partial charge < -0.3 is 14.2 Å². The molecule has 0 fully saturated rings. The van der Waals surface area contributed by atoms with Crippen molar-refractivity contribution >= 4 is 11.8 Å². The second kappa shape index (κ2) is 11.2. The van der Waals surface area contributed by atoms with Gasteiger partial charge in [-0.1, -0.05) is 39.3 Å². The first-order chi connectivity index (χ1) is 13.9. The fraction of sp³-hybridized carbons (Fsp3) is 0.667. The zero-order valence-corrected chi connectivity index (χ0v) is 19.0. The summed E-state index contributed by atoms with van der Waals surface area (Å²) in [6, 6.07) is 8.29. The van der Waals surface area contributed by atoms with Crippen molar-refractivity contribution in [2.75, 3.05) is 19.8 Å². The summed E-state index contributed by atoms with van der Waals surface area (Å²) in [6.07, 6.45) is 3.91. The summed E-state index contributed by atoms with van der Waals surface area (Å²) < 4.78 is 17.6. The molecule has 1 heterocycles. The van der Waals surface area contributed by atoms with E-state index < -0.39 is 5.54 Å². The molecule has 0 saturated carbocycles. The van der Waals surface area contributed by atoms with Crippen molar-refractivity contribution in [3.8, 4) is 5.75 Å². The summed E-state index contributed by atoms with van der Waals surface area (Å²) in [4.78, 5) is 9.91. The Balaban J connectivity index is 2.12. The van der Waals surface area contributed by atoms with Crippen LogP contribution in [-0.4, -0.2) is 43.2 Å². The Bertz CT molecular complexity index is 682. The quantitative estimate of drug-likeness (QED) is 0.488. The van der Waals surface area contributed by atoms with E-state index >= 15 is 0 Å². The van der Waals surface area contributed by atoms with Crippen molar-refractivity contribution in [1.29, 1.82) is 0 Å². The van der Waals surface area contributed by atoms with E-state index in [4.69, 9.17) is 24.2 Å². The summed E-state index contributed by atoms with van der Waals surface area (Å²) in [5, 5.41) is 0. The van der Waals surface area contributed by atoms with Crippen molar-refractivity contribution < 1.29 is 14.2 Å². The van der Waals surface area contributed by atoms with Crippen molar-refractivity contribution in [1.82, 2.24) is 0 Å². The average Bonchev–Trinajstić information content (AvgIpc) is 2.70. The lowest BCUT2D eigenvalue weighted by molar-refractivity contribution is 0.256. The molecule has 162 valence electrons. The monoisotopic (exact) mass is 402 g/mol. The van der Waals surface area contributed by atoms with Gasteiger partial charge in [0.1, 0.15) is 17.3 Å². The molecule has 1 aliphatic heterocycles. The SMILES string of the molecule is CCCCOc1ccc(CC[C@@]2(C)N=C(OCC)[C@@H](C(C)C)N=C2OCC)cc1. The van der Waals surface area contributed by atoms with Gasteiger partial charge in [0.05, 0.1) is 19.8 Å². The maximum atomic E-state index is 5.94. The molecule has 0 bridgehead atoms. The second-order valence-corrected chi connectivity index (χ2v) is 8.06. The molecular formula is C24H38N2O3. The molecule has 2 rings (SSSR count). The van der Waals surface area contributed by atoms with Gasteiger partial charge in [-0.3, -0.25) is 0 Å². The highest BCUT2D eigenvalue weighted by Gasteiger charge is 2.39. The molecule has 0 spiro atoms. The molecule has 0 aromatic heterocycles. The van der Waals surface area contributed by atoms with E-state index in [1.54, 1.807) is 0 Å². The van der Waals surface area contributed by atoms with Crippen LogP contribution in [0.5, 0.6) is 5.75 Å². The predicted octanol–water partition coefficient (Wildman–Crippen LogP) is 5.47. The fourth-order valence-corrected chi connectivity index (χ4v) is 3.34. The molecule has 1 aromatic rings. The molecule has 5 heteroatoms. The third-order valence-corrected chi connectivity index (χ3v) is 5.12. The minimum absolute atomic E-state index is 0.0795. The summed E-state index contributed by atoms with van der Waals surface area (Å²) in [7, 11) is 0. The highest BCUT2D eigenvalue weighted by Crippen LogP contribution is 2.29. The summed E-state index contributed by atoms with van der Waals surface area (Å²) in [6.45, 7) is 14.5. The number of aliphatic imine (C=N–C) groups is 2. The normalized spacial score (nSPS) is 21.6. The number of aryl methyl sites for hydroxylation is 1. The van der Waals surface area contributed by atoms with Gasteiger partial charge in [-0.15, -0.1) is 0 Å². The van der Waals surface area contributed by atoms with Gasteiger partial charge in [-0.05, 0) is 63.6 Å². The number of nitrogens with zero attached hydrogens (tertiary/aromatic N) is 2. The van der Waals surface area contributed by atoms with Gasteiger partial charge in [0.15, 0.2) is 0 Å². The molecule has 1 aromatic carbocycles. The van der Waals surface area contributed by atoms with Gasteiger partial charge in [-0.2, -0.15) is 0 Å². The first-order valence-electron chi connectivity index (χ1n) is 11.1. The highest BCUT2D eigenvalue weighted by atomic mass is 16.5. The van der Waals surface area contributed by atoms with Crippen LogP contribution < -0.4 is 4.74 Å². The molecule has 1 aliphatic rings. The van der Waals surface area contributed by atoms with E-state index in [2.05, 4.69) is 52.0 Å². The van der Waals surface area contributed by atoms with Crippen LogP contribution in [0.1, 0.15) is 66.4 Å². The Morgan fingerprint density at radius 1 is 1.00 bits per heavy atom. The number of hydrogen-bond acceptors (Lipinski definition) is 5. The lowest BCUT2D eigenvalue weighted by Gasteiger charge is -2.34. The van der Waals surface area contributed by atoms with Gasteiger partial charge >= 0.3 is 0 Å². The van der Waals surface area contributed by atoms with Crippen LogP contribution in [0, 0.1) is 5.92 Å². The van der Waals surface area contributed by atoms with Crippen molar-refractivity contribution in [2.24, 2.45) is 15.9 Å². The van der Waals surface area contributed by atoms with E-state index in [1.165, 1.54) is 5.56 Å². The number of benzene rings is 1. The molecule has 0 saturated heterocycles. The molecule has 0 amide bonds. The first-order valence-corrected chi connectivity index (χ1v) is 11.1. The lowest BCUT2D eigenvalue weighted by atomic mass is 9.90. The van der Waals surface area contributed by atoms with Gasteiger partial charge in [0.25, 0.3) is 0 Å². The topological polar surface area (TPSA) is 52.4 Å². The van der Waals surface area contributed by atoms with Crippen LogP contribution in [0.25, 0.3) is 0 Å². The van der Waals surface area contributed by atoms with Crippen LogP contribution in [-0.2, 0) is 15.9 Å². The van der Waals surface area contributed by atoms with E-state index in [-0.39, 0.29) is 6.04 Å². The van der Waals surface area contributed by atoms with E-state index in [0.29, 0.717) is 19.1 Å². The van der Waals surface area contributed by atoms with Crippen LogP contribution in [0.3, 0.4) is 0 Å². The van der Waals surface area contributed by atoms with Crippen LogP contribution in [0.15, 0.2) is 34.3 Å². The van der Waals surface area contributed by atoms with Gasteiger partial charge in [-0.25, -0.2) is 9.98 Å². The molecule has 2 atom stereocenters. The standard InChI is InChI=1S/C24H38N2O3/c1-7-10-17-29-20-13-11-19(12-14-20)15-16-24(6)23(28-9-3)25-21(18(4)5)22(26-24)27-8-2/h11-14,18,21H,7-10,15-17H2,1-6H3/t21-,24-/m1/s1. The fourth-order valence-electron chi connectivity index (χ4n) is 3.34. The smallest absolute Gasteiger partial charge is 0.212 e. The van der Waals surface area contributed by atoms with E-state index in [0.717, 1.165) is 49.8 Å². The number of unbranched alkanes of at least 4 members (excludes halogenated alkanes) is 1. The predicted molar refractivity (Wildman–Crippen MR) is 120 cm³/mol. The third kappa shape index (κ3) is 6.48. The van der Waals surface area contributed by atoms with Crippen LogP contribution in [0.2, 0.25) is 0 Å². The maximum Gasteiger partial charge on any atom is 0.212 e. The minimum Gasteiger partial charge on any atom is -0.494 e. The third-order valence-electron chi connectivity index (χ3n) is 5.12. The Labute approximate surface area is 176 Å². The molecule has 0 N–H and O–H groups in total. The zero-order chi connectivity index (χ0) is 21.3. The first kappa shape index (κ1) is 23.2. The van der Waals surface area contributed by atoms with Gasteiger partial charge in [0.2, 0.25) is 11.8 Å². The molecule has 0 unspecified atom stereocenters. The Hall–Kier alpha value is -2.04. The summed E-state index contributed by atoms with van der Waals surface area (Å²) in [5.41, 5.74) is 0.742. The highest BCUT2D eigenvalue weighted by molar-refractivity contribution is 5.96. The number of ether oxygens (including phenoxy) is 3. The summed E-state index contributed by atoms with van der Waals surface area (Å²) >= 11 is 0. The molecular weight excluding hydrogens is 364 g/mol. The number of hydrogen-bond donors (Lipinski definition) is 0. The van der Waals surface area contributed by atoms with Crippen molar-refractivity contribution in [2.45, 2.75) is 78.8 Å². The Kier molecular flexibility index (Phi) is 8.99. The maximum absolute atomic E-state index is 5.94. The molecule has 5 nitrogen and oxygen atoms in total.